The predicted octanol–water partition coefficient (Wildman–Crippen LogP) is -1.48. The number of amides is 3. The van der Waals surface area contributed by atoms with Gasteiger partial charge in [-0.3, -0.25) is 19.2 Å². The number of carbonyl (C=O) groups is 5. The molecule has 0 aromatic carbocycles. The molecule has 0 saturated heterocycles. The van der Waals surface area contributed by atoms with E-state index in [0.29, 0.717) is 19.4 Å². The van der Waals surface area contributed by atoms with Gasteiger partial charge in [-0.15, -0.1) is 0 Å². The number of nitrogens with two attached hydrogens (primary N) is 2. The largest absolute Gasteiger partial charge is 0.481 e. The lowest BCUT2D eigenvalue weighted by Crippen LogP contribution is -2.56. The molecule has 3 amide bonds. The molecule has 0 bridgehead atoms. The number of nitrogens with one attached hydrogen (secondary N) is 3. The van der Waals surface area contributed by atoms with Gasteiger partial charge in [0.1, 0.15) is 18.1 Å². The molecule has 0 fully saturated rings. The van der Waals surface area contributed by atoms with Crippen LogP contribution in [0, 0.1) is 5.92 Å². The Kier molecular flexibility index (Phi) is 13.0. The van der Waals surface area contributed by atoms with Gasteiger partial charge < -0.3 is 37.6 Å². The summed E-state index contributed by atoms with van der Waals surface area (Å²) >= 11 is 0. The first-order chi connectivity index (χ1) is 14.4. The van der Waals surface area contributed by atoms with Crippen LogP contribution >= 0.6 is 0 Å². The molecule has 0 heterocycles. The van der Waals surface area contributed by atoms with E-state index in [2.05, 4.69) is 16.0 Å². The van der Waals surface area contributed by atoms with Crippen LogP contribution in [0.2, 0.25) is 0 Å². The molecular formula is C19H35N5O7. The molecule has 0 aromatic heterocycles. The summed E-state index contributed by atoms with van der Waals surface area (Å²) in [4.78, 5) is 59.1. The highest BCUT2D eigenvalue weighted by atomic mass is 16.4. The summed E-state index contributed by atoms with van der Waals surface area (Å²) < 4.78 is 0. The summed E-state index contributed by atoms with van der Waals surface area (Å²) in [6.45, 7) is 5.43. The monoisotopic (exact) mass is 445 g/mol. The van der Waals surface area contributed by atoms with Crippen molar-refractivity contribution in [3.63, 3.8) is 0 Å². The van der Waals surface area contributed by atoms with Crippen molar-refractivity contribution in [2.45, 2.75) is 77.0 Å². The van der Waals surface area contributed by atoms with Crippen LogP contribution in [0.25, 0.3) is 0 Å². The van der Waals surface area contributed by atoms with Gasteiger partial charge in [-0.05, 0) is 45.1 Å². The number of aliphatic carboxylic acids is 2. The minimum Gasteiger partial charge on any atom is -0.481 e. The Morgan fingerprint density at radius 3 is 1.90 bits per heavy atom. The molecule has 0 aliphatic carbocycles. The zero-order valence-electron chi connectivity index (χ0n) is 18.2. The second kappa shape index (κ2) is 14.3. The number of rotatable bonds is 15. The van der Waals surface area contributed by atoms with Crippen LogP contribution < -0.4 is 27.4 Å². The van der Waals surface area contributed by atoms with E-state index in [1.165, 1.54) is 6.92 Å². The molecule has 9 N–H and O–H groups in total. The van der Waals surface area contributed by atoms with Crippen LogP contribution in [0.5, 0.6) is 0 Å². The van der Waals surface area contributed by atoms with Crippen molar-refractivity contribution in [1.29, 1.82) is 0 Å². The molecule has 0 rings (SSSR count). The van der Waals surface area contributed by atoms with E-state index in [1.54, 1.807) is 0 Å². The lowest BCUT2D eigenvalue weighted by Gasteiger charge is -2.24. The van der Waals surface area contributed by atoms with E-state index in [0.717, 1.165) is 0 Å². The second-order valence-corrected chi connectivity index (χ2v) is 7.81. The van der Waals surface area contributed by atoms with Gasteiger partial charge >= 0.3 is 11.9 Å². The smallest absolute Gasteiger partial charge is 0.326 e. The summed E-state index contributed by atoms with van der Waals surface area (Å²) in [5.41, 5.74) is 10.9. The molecular weight excluding hydrogens is 410 g/mol. The van der Waals surface area contributed by atoms with Crippen LogP contribution in [0.3, 0.4) is 0 Å². The van der Waals surface area contributed by atoms with Gasteiger partial charge in [-0.2, -0.15) is 0 Å². The Labute approximate surface area is 181 Å². The lowest BCUT2D eigenvalue weighted by atomic mass is 10.0. The Morgan fingerprint density at radius 2 is 1.42 bits per heavy atom. The fraction of sp³-hybridized carbons (Fsp3) is 0.737. The van der Waals surface area contributed by atoms with Crippen molar-refractivity contribution in [3.8, 4) is 0 Å². The van der Waals surface area contributed by atoms with Crippen molar-refractivity contribution >= 4 is 29.7 Å². The summed E-state index contributed by atoms with van der Waals surface area (Å²) in [5, 5.41) is 25.3. The van der Waals surface area contributed by atoms with Gasteiger partial charge in [-0.1, -0.05) is 13.8 Å². The fourth-order valence-corrected chi connectivity index (χ4v) is 2.69. The van der Waals surface area contributed by atoms with Gasteiger partial charge in [-0.25, -0.2) is 4.79 Å². The second-order valence-electron chi connectivity index (χ2n) is 7.81. The first-order valence-electron chi connectivity index (χ1n) is 10.2. The standard InChI is InChI=1S/C19H35N5O7/c1-10(2)8-14(18(29)23-13(19(30)31)6-4-5-7-20)24-16(27)11(3)22-17(28)12(21)9-15(25)26/h10-14H,4-9,20-21H2,1-3H3,(H,22,28)(H,23,29)(H,24,27)(H,25,26)(H,30,31). The minimum absolute atomic E-state index is 0.00505. The third-order valence-electron chi connectivity index (χ3n) is 4.38. The van der Waals surface area contributed by atoms with Crippen molar-refractivity contribution in [3.05, 3.63) is 0 Å². The predicted molar refractivity (Wildman–Crippen MR) is 112 cm³/mol. The highest BCUT2D eigenvalue weighted by molar-refractivity contribution is 5.94. The quantitative estimate of drug-likeness (QED) is 0.146. The van der Waals surface area contributed by atoms with Crippen molar-refractivity contribution in [1.82, 2.24) is 16.0 Å². The maximum Gasteiger partial charge on any atom is 0.326 e. The first kappa shape index (κ1) is 28.3. The van der Waals surface area contributed by atoms with Crippen LogP contribution in [0.4, 0.5) is 0 Å². The van der Waals surface area contributed by atoms with Crippen LogP contribution in [0.15, 0.2) is 0 Å². The zero-order chi connectivity index (χ0) is 24.1. The molecule has 12 heteroatoms. The molecule has 0 aliphatic heterocycles. The van der Waals surface area contributed by atoms with Gasteiger partial charge in [0.15, 0.2) is 0 Å². The molecule has 0 aromatic rings. The zero-order valence-corrected chi connectivity index (χ0v) is 18.2. The minimum atomic E-state index is -1.33. The van der Waals surface area contributed by atoms with E-state index >= 15 is 0 Å². The van der Waals surface area contributed by atoms with E-state index in [4.69, 9.17) is 16.6 Å². The number of hydrogen-bond acceptors (Lipinski definition) is 7. The molecule has 12 nitrogen and oxygen atoms in total. The first-order valence-corrected chi connectivity index (χ1v) is 10.2. The number of carbonyl (C=O) groups excluding carboxylic acids is 3. The molecule has 0 spiro atoms. The number of carboxylic acids is 2. The van der Waals surface area contributed by atoms with Gasteiger partial charge in [0.2, 0.25) is 17.7 Å². The Bertz CT molecular complexity index is 641. The SMILES string of the molecule is CC(C)CC(NC(=O)C(C)NC(=O)C(N)CC(=O)O)C(=O)NC(CCCCN)C(=O)O. The average molecular weight is 446 g/mol. The highest BCUT2D eigenvalue weighted by Gasteiger charge is 2.29. The summed E-state index contributed by atoms with van der Waals surface area (Å²) in [5.74, 6) is -4.60. The van der Waals surface area contributed by atoms with E-state index in [1.807, 2.05) is 13.8 Å². The summed E-state index contributed by atoms with van der Waals surface area (Å²) in [6.07, 6.45) is 0.987. The van der Waals surface area contributed by atoms with Crippen LogP contribution in [0.1, 0.15) is 52.9 Å². The molecule has 4 atom stereocenters. The van der Waals surface area contributed by atoms with Crippen LogP contribution in [-0.4, -0.2) is 70.6 Å². The highest BCUT2D eigenvalue weighted by Crippen LogP contribution is 2.08. The molecule has 0 aliphatic rings. The van der Waals surface area contributed by atoms with E-state index in [-0.39, 0.29) is 18.8 Å². The molecule has 178 valence electrons. The van der Waals surface area contributed by atoms with E-state index < -0.39 is 60.2 Å². The third kappa shape index (κ3) is 11.9. The Morgan fingerprint density at radius 1 is 0.839 bits per heavy atom. The lowest BCUT2D eigenvalue weighted by molar-refractivity contribution is -0.142. The number of hydrogen-bond donors (Lipinski definition) is 7. The van der Waals surface area contributed by atoms with Crippen molar-refractivity contribution in [2.75, 3.05) is 6.54 Å². The molecule has 0 radical (unpaired) electrons. The van der Waals surface area contributed by atoms with Gasteiger partial charge in [0.25, 0.3) is 0 Å². The van der Waals surface area contributed by atoms with E-state index in [9.17, 15) is 29.1 Å². The molecule has 4 unspecified atom stereocenters. The molecule has 31 heavy (non-hydrogen) atoms. The van der Waals surface area contributed by atoms with Crippen molar-refractivity contribution < 1.29 is 34.2 Å². The number of carboxylic acid groups (broad SMARTS) is 2. The Balaban J connectivity index is 5.07. The average Bonchev–Trinajstić information content (AvgIpc) is 2.65. The molecule has 0 saturated carbocycles. The van der Waals surface area contributed by atoms with Crippen molar-refractivity contribution in [2.24, 2.45) is 17.4 Å². The normalized spacial score (nSPS) is 14.8. The number of unbranched alkanes of at least 4 members (excludes halogenated alkanes) is 1. The topological polar surface area (TPSA) is 214 Å². The summed E-state index contributed by atoms with van der Waals surface area (Å²) in [7, 11) is 0. The van der Waals surface area contributed by atoms with Crippen LogP contribution in [-0.2, 0) is 24.0 Å². The van der Waals surface area contributed by atoms with Gasteiger partial charge in [0.05, 0.1) is 12.5 Å². The fourth-order valence-electron chi connectivity index (χ4n) is 2.69. The maximum atomic E-state index is 12.6. The van der Waals surface area contributed by atoms with Gasteiger partial charge in [0, 0.05) is 0 Å². The summed E-state index contributed by atoms with van der Waals surface area (Å²) in [6, 6.07) is -4.55. The maximum absolute atomic E-state index is 12.6. The Hall–Kier alpha value is -2.73. The third-order valence-corrected chi connectivity index (χ3v) is 4.38.